The van der Waals surface area contributed by atoms with Crippen molar-refractivity contribution in [2.24, 2.45) is 0 Å². The summed E-state index contributed by atoms with van der Waals surface area (Å²) in [4.78, 5) is 24.1. The van der Waals surface area contributed by atoms with Crippen LogP contribution in [-0.2, 0) is 14.3 Å². The molecule has 1 aromatic rings. The first-order valence-electron chi connectivity index (χ1n) is 6.88. The molecule has 0 aliphatic heterocycles. The van der Waals surface area contributed by atoms with Crippen LogP contribution in [0.2, 0.25) is 0 Å². The average molecular weight is 274 g/mol. The molecule has 0 radical (unpaired) electrons. The van der Waals surface area contributed by atoms with Crippen LogP contribution in [-0.4, -0.2) is 18.5 Å². The molecule has 0 N–H and O–H groups in total. The molecule has 0 atom stereocenters. The highest BCUT2D eigenvalue weighted by atomic mass is 16.5. The second kappa shape index (κ2) is 6.89. The number of rotatable bonds is 4. The Labute approximate surface area is 118 Å². The van der Waals surface area contributed by atoms with Gasteiger partial charge in [-0.25, -0.2) is 9.59 Å². The minimum absolute atomic E-state index is 0.309. The summed E-state index contributed by atoms with van der Waals surface area (Å²) in [6.45, 7) is 2.06. The van der Waals surface area contributed by atoms with Crippen molar-refractivity contribution in [3.63, 3.8) is 0 Å². The maximum atomic E-state index is 12.2. The van der Waals surface area contributed by atoms with Crippen LogP contribution in [0, 0.1) is 0 Å². The fourth-order valence-electron chi connectivity index (χ4n) is 2.23. The molecule has 2 rings (SSSR count). The van der Waals surface area contributed by atoms with Gasteiger partial charge in [-0.15, -0.1) is 0 Å². The molecular weight excluding hydrogens is 256 g/mol. The van der Waals surface area contributed by atoms with Crippen molar-refractivity contribution in [3.05, 3.63) is 41.5 Å². The molecular formula is C16H18O4. The third-order valence-corrected chi connectivity index (χ3v) is 3.19. The Bertz CT molecular complexity index is 517. The van der Waals surface area contributed by atoms with Gasteiger partial charge in [-0.3, -0.25) is 0 Å². The van der Waals surface area contributed by atoms with Crippen molar-refractivity contribution in [1.82, 2.24) is 0 Å². The number of para-hydroxylation sites is 1. The number of ether oxygens (including phenoxy) is 2. The molecule has 0 fully saturated rings. The topological polar surface area (TPSA) is 52.6 Å². The van der Waals surface area contributed by atoms with Gasteiger partial charge in [0.15, 0.2) is 0 Å². The van der Waals surface area contributed by atoms with Crippen LogP contribution in [0.15, 0.2) is 41.5 Å². The van der Waals surface area contributed by atoms with E-state index in [2.05, 4.69) is 0 Å². The average Bonchev–Trinajstić information content (AvgIpc) is 2.48. The summed E-state index contributed by atoms with van der Waals surface area (Å²) in [5.74, 6) is -0.357. The van der Waals surface area contributed by atoms with Crippen LogP contribution < -0.4 is 4.74 Å². The largest absolute Gasteiger partial charge is 0.463 e. The number of hydrogen-bond acceptors (Lipinski definition) is 4. The fourth-order valence-corrected chi connectivity index (χ4v) is 2.23. The lowest BCUT2D eigenvalue weighted by Crippen LogP contribution is -2.21. The van der Waals surface area contributed by atoms with Gasteiger partial charge in [0, 0.05) is 11.1 Å². The fraction of sp³-hybridized carbons (Fsp3) is 0.375. The summed E-state index contributed by atoms with van der Waals surface area (Å²) >= 11 is 0. The molecule has 0 saturated carbocycles. The lowest BCUT2D eigenvalue weighted by molar-refractivity contribution is -0.140. The van der Waals surface area contributed by atoms with Gasteiger partial charge >= 0.3 is 11.9 Å². The Hall–Kier alpha value is -2.10. The van der Waals surface area contributed by atoms with E-state index in [1.54, 1.807) is 31.2 Å². The second-order valence-corrected chi connectivity index (χ2v) is 4.59. The monoisotopic (exact) mass is 274 g/mol. The van der Waals surface area contributed by atoms with E-state index in [0.717, 1.165) is 12.8 Å². The summed E-state index contributed by atoms with van der Waals surface area (Å²) in [5, 5.41) is 0. The van der Waals surface area contributed by atoms with Gasteiger partial charge < -0.3 is 9.47 Å². The number of hydrogen-bond donors (Lipinski definition) is 0. The lowest BCUT2D eigenvalue weighted by atomic mass is 9.92. The van der Waals surface area contributed by atoms with Gasteiger partial charge in [0.25, 0.3) is 0 Å². The molecule has 0 unspecified atom stereocenters. The number of carbonyl (C=O) groups is 2. The molecule has 0 spiro atoms. The van der Waals surface area contributed by atoms with Crippen LogP contribution in [0.25, 0.3) is 0 Å². The molecule has 0 amide bonds. The van der Waals surface area contributed by atoms with Crippen LogP contribution in [0.1, 0.15) is 32.6 Å². The van der Waals surface area contributed by atoms with E-state index < -0.39 is 11.9 Å². The van der Waals surface area contributed by atoms with Crippen molar-refractivity contribution in [2.75, 3.05) is 6.61 Å². The highest BCUT2D eigenvalue weighted by Gasteiger charge is 2.26. The summed E-state index contributed by atoms with van der Waals surface area (Å²) in [6, 6.07) is 8.87. The molecule has 1 aromatic carbocycles. The molecule has 0 saturated heterocycles. The predicted molar refractivity (Wildman–Crippen MR) is 74.2 cm³/mol. The van der Waals surface area contributed by atoms with Gasteiger partial charge in [0.05, 0.1) is 6.61 Å². The smallest absolute Gasteiger partial charge is 0.339 e. The number of carbonyl (C=O) groups excluding carboxylic acids is 2. The quantitative estimate of drug-likeness (QED) is 0.625. The van der Waals surface area contributed by atoms with E-state index in [-0.39, 0.29) is 0 Å². The lowest BCUT2D eigenvalue weighted by Gasteiger charge is -2.18. The molecule has 4 heteroatoms. The summed E-state index contributed by atoms with van der Waals surface area (Å²) in [6.07, 6.45) is 2.94. The van der Waals surface area contributed by atoms with Crippen molar-refractivity contribution in [3.8, 4) is 5.75 Å². The highest BCUT2D eigenvalue weighted by Crippen LogP contribution is 2.27. The van der Waals surface area contributed by atoms with Crippen molar-refractivity contribution >= 4 is 11.9 Å². The molecule has 0 bridgehead atoms. The number of esters is 2. The molecule has 1 aliphatic rings. The van der Waals surface area contributed by atoms with Gasteiger partial charge in [-0.05, 0) is 44.7 Å². The van der Waals surface area contributed by atoms with Gasteiger partial charge in [0.2, 0.25) is 0 Å². The van der Waals surface area contributed by atoms with E-state index in [9.17, 15) is 9.59 Å². The molecule has 106 valence electrons. The molecule has 0 aromatic heterocycles. The summed E-state index contributed by atoms with van der Waals surface area (Å²) in [7, 11) is 0. The summed E-state index contributed by atoms with van der Waals surface area (Å²) < 4.78 is 10.3. The van der Waals surface area contributed by atoms with Crippen LogP contribution in [0.4, 0.5) is 0 Å². The Morgan fingerprint density at radius 3 is 2.20 bits per heavy atom. The van der Waals surface area contributed by atoms with E-state index >= 15 is 0 Å². The zero-order valence-corrected chi connectivity index (χ0v) is 11.6. The van der Waals surface area contributed by atoms with E-state index in [4.69, 9.17) is 9.47 Å². The molecule has 0 heterocycles. The maximum Gasteiger partial charge on any atom is 0.339 e. The summed E-state index contributed by atoms with van der Waals surface area (Å²) in [5.41, 5.74) is 0.928. The standard InChI is InChI=1S/C16H18O4/c1-2-19-15(17)13-10-6-7-11-14(13)16(18)20-12-8-4-3-5-9-12/h3-5,8-9H,2,6-7,10-11H2,1H3. The Balaban J connectivity index is 2.18. The first kappa shape index (κ1) is 14.3. The Kier molecular flexibility index (Phi) is 4.93. The zero-order chi connectivity index (χ0) is 14.4. The minimum Gasteiger partial charge on any atom is -0.463 e. The van der Waals surface area contributed by atoms with Gasteiger partial charge in [-0.1, -0.05) is 18.2 Å². The second-order valence-electron chi connectivity index (χ2n) is 4.59. The van der Waals surface area contributed by atoms with Crippen molar-refractivity contribution in [1.29, 1.82) is 0 Å². The van der Waals surface area contributed by atoms with E-state index in [1.165, 1.54) is 0 Å². The zero-order valence-electron chi connectivity index (χ0n) is 11.6. The van der Waals surface area contributed by atoms with E-state index in [1.807, 2.05) is 6.07 Å². The first-order chi connectivity index (χ1) is 9.72. The van der Waals surface area contributed by atoms with Crippen LogP contribution in [0.3, 0.4) is 0 Å². The third-order valence-electron chi connectivity index (χ3n) is 3.19. The first-order valence-corrected chi connectivity index (χ1v) is 6.88. The van der Waals surface area contributed by atoms with Crippen LogP contribution in [0.5, 0.6) is 5.75 Å². The van der Waals surface area contributed by atoms with Crippen LogP contribution >= 0.6 is 0 Å². The van der Waals surface area contributed by atoms with Gasteiger partial charge in [-0.2, -0.15) is 0 Å². The third kappa shape index (κ3) is 3.47. The molecule has 20 heavy (non-hydrogen) atoms. The van der Waals surface area contributed by atoms with Crippen molar-refractivity contribution in [2.45, 2.75) is 32.6 Å². The maximum absolute atomic E-state index is 12.2. The highest BCUT2D eigenvalue weighted by molar-refractivity contribution is 6.01. The Morgan fingerprint density at radius 2 is 1.60 bits per heavy atom. The van der Waals surface area contributed by atoms with Crippen molar-refractivity contribution < 1.29 is 19.1 Å². The predicted octanol–water partition coefficient (Wildman–Crippen LogP) is 3.03. The van der Waals surface area contributed by atoms with Gasteiger partial charge in [0.1, 0.15) is 5.75 Å². The number of benzene rings is 1. The minimum atomic E-state index is -0.445. The Morgan fingerprint density at radius 1 is 1.00 bits per heavy atom. The molecule has 1 aliphatic carbocycles. The normalized spacial score (nSPS) is 14.8. The SMILES string of the molecule is CCOC(=O)C1=C(C(=O)Oc2ccccc2)CCCC1. The molecule has 4 nitrogen and oxygen atoms in total. The van der Waals surface area contributed by atoms with E-state index in [0.29, 0.717) is 36.3 Å².